The Bertz CT molecular complexity index is 973. The molecule has 138 valence electrons. The van der Waals surface area contributed by atoms with Crippen molar-refractivity contribution in [1.29, 1.82) is 0 Å². The van der Waals surface area contributed by atoms with Gasteiger partial charge in [0.1, 0.15) is 11.5 Å². The summed E-state index contributed by atoms with van der Waals surface area (Å²) in [5.74, 6) is -0.663. The molecule has 0 unspecified atom stereocenters. The molecule has 4 nitrogen and oxygen atoms in total. The molecule has 0 aliphatic carbocycles. The van der Waals surface area contributed by atoms with Gasteiger partial charge in [0, 0.05) is 0 Å². The maximum absolute atomic E-state index is 12.1. The van der Waals surface area contributed by atoms with Crippen molar-refractivity contribution in [3.8, 4) is 11.5 Å². The molecule has 0 amide bonds. The lowest BCUT2D eigenvalue weighted by Crippen LogP contribution is -1.94. The second-order valence-corrected chi connectivity index (χ2v) is 6.10. The van der Waals surface area contributed by atoms with E-state index in [0.717, 1.165) is 11.1 Å². The Balaban J connectivity index is 1.67. The first kappa shape index (κ1) is 18.9. The van der Waals surface area contributed by atoms with Crippen LogP contribution in [0.3, 0.4) is 0 Å². The molecule has 3 aromatic carbocycles. The third-order valence-electron chi connectivity index (χ3n) is 4.13. The molecule has 0 bridgehead atoms. The van der Waals surface area contributed by atoms with Crippen molar-refractivity contribution in [3.63, 3.8) is 0 Å². The van der Waals surface area contributed by atoms with Crippen molar-refractivity contribution >= 4 is 23.7 Å². The highest BCUT2D eigenvalue weighted by Crippen LogP contribution is 2.18. The monoisotopic (exact) mass is 370 g/mol. The SMILES string of the molecule is O=C(/C=C/c1ccc(/C=C/C(=O)c2ccccc2O)cc1)c1ccccc1O. The number of carbonyl (C=O) groups excluding carboxylic acids is 2. The lowest BCUT2D eigenvalue weighted by Gasteiger charge is -2.00. The number of benzene rings is 3. The van der Waals surface area contributed by atoms with Gasteiger partial charge in [-0.15, -0.1) is 0 Å². The van der Waals surface area contributed by atoms with E-state index in [1.54, 1.807) is 48.6 Å². The van der Waals surface area contributed by atoms with E-state index in [-0.39, 0.29) is 34.2 Å². The number of rotatable bonds is 6. The first-order valence-electron chi connectivity index (χ1n) is 8.65. The van der Waals surface area contributed by atoms with Crippen LogP contribution in [0.5, 0.6) is 11.5 Å². The minimum atomic E-state index is -0.282. The topological polar surface area (TPSA) is 74.6 Å². The van der Waals surface area contributed by atoms with Crippen LogP contribution in [0.1, 0.15) is 31.8 Å². The Kier molecular flexibility index (Phi) is 5.82. The van der Waals surface area contributed by atoms with Gasteiger partial charge in [-0.05, 0) is 47.5 Å². The zero-order chi connectivity index (χ0) is 19.9. The molecule has 0 saturated carbocycles. The molecule has 0 spiro atoms. The Hall–Kier alpha value is -3.92. The van der Waals surface area contributed by atoms with E-state index in [1.807, 2.05) is 24.3 Å². The maximum Gasteiger partial charge on any atom is 0.189 e. The average molecular weight is 370 g/mol. The van der Waals surface area contributed by atoms with Gasteiger partial charge in [-0.3, -0.25) is 9.59 Å². The fourth-order valence-corrected chi connectivity index (χ4v) is 2.61. The Morgan fingerprint density at radius 3 is 1.29 bits per heavy atom. The fourth-order valence-electron chi connectivity index (χ4n) is 2.61. The van der Waals surface area contributed by atoms with Crippen LogP contribution in [0.2, 0.25) is 0 Å². The summed E-state index contributed by atoms with van der Waals surface area (Å²) in [4.78, 5) is 24.3. The van der Waals surface area contributed by atoms with Crippen LogP contribution >= 0.6 is 0 Å². The van der Waals surface area contributed by atoms with Crippen molar-refractivity contribution in [1.82, 2.24) is 0 Å². The van der Waals surface area contributed by atoms with Gasteiger partial charge >= 0.3 is 0 Å². The van der Waals surface area contributed by atoms with Crippen LogP contribution in [0.25, 0.3) is 12.2 Å². The normalized spacial score (nSPS) is 11.1. The minimum Gasteiger partial charge on any atom is -0.507 e. The zero-order valence-electron chi connectivity index (χ0n) is 14.9. The highest BCUT2D eigenvalue weighted by Gasteiger charge is 2.07. The molecule has 3 rings (SSSR count). The van der Waals surface area contributed by atoms with E-state index in [4.69, 9.17) is 0 Å². The Morgan fingerprint density at radius 1 is 0.571 bits per heavy atom. The number of ketones is 2. The smallest absolute Gasteiger partial charge is 0.189 e. The summed E-state index contributed by atoms with van der Waals surface area (Å²) in [6.07, 6.45) is 6.13. The van der Waals surface area contributed by atoms with E-state index in [1.165, 1.54) is 24.3 Å². The first-order chi connectivity index (χ1) is 13.5. The quantitative estimate of drug-likeness (QED) is 0.478. The molecular weight excluding hydrogens is 352 g/mol. The molecule has 0 heterocycles. The Labute approximate surface area is 162 Å². The van der Waals surface area contributed by atoms with Crippen molar-refractivity contribution in [3.05, 3.63) is 107 Å². The Morgan fingerprint density at radius 2 is 0.929 bits per heavy atom. The van der Waals surface area contributed by atoms with E-state index >= 15 is 0 Å². The molecule has 0 aliphatic heterocycles. The zero-order valence-corrected chi connectivity index (χ0v) is 14.9. The predicted octanol–water partition coefficient (Wildman–Crippen LogP) is 4.89. The summed E-state index contributed by atoms with van der Waals surface area (Å²) >= 11 is 0. The lowest BCUT2D eigenvalue weighted by atomic mass is 10.1. The van der Waals surface area contributed by atoms with E-state index in [2.05, 4.69) is 0 Å². The van der Waals surface area contributed by atoms with Crippen LogP contribution < -0.4 is 0 Å². The van der Waals surface area contributed by atoms with E-state index < -0.39 is 0 Å². The van der Waals surface area contributed by atoms with Gasteiger partial charge in [-0.25, -0.2) is 0 Å². The molecule has 0 saturated heterocycles. The number of allylic oxidation sites excluding steroid dienone is 2. The summed E-state index contributed by atoms with van der Waals surface area (Å²) in [5.41, 5.74) is 2.13. The summed E-state index contributed by atoms with van der Waals surface area (Å²) in [6, 6.07) is 20.1. The molecule has 0 aliphatic rings. The molecule has 3 aromatic rings. The van der Waals surface area contributed by atoms with Crippen LogP contribution in [0.4, 0.5) is 0 Å². The third-order valence-corrected chi connectivity index (χ3v) is 4.13. The van der Waals surface area contributed by atoms with Gasteiger partial charge in [0.25, 0.3) is 0 Å². The van der Waals surface area contributed by atoms with Crippen LogP contribution in [0, 0.1) is 0 Å². The number of hydrogen-bond acceptors (Lipinski definition) is 4. The maximum atomic E-state index is 12.1. The number of para-hydroxylation sites is 2. The fraction of sp³-hybridized carbons (Fsp3) is 0. The number of phenols is 2. The van der Waals surface area contributed by atoms with E-state index in [9.17, 15) is 19.8 Å². The number of phenolic OH excluding ortho intramolecular Hbond substituents is 2. The third kappa shape index (κ3) is 4.62. The molecule has 0 radical (unpaired) electrons. The van der Waals surface area contributed by atoms with Gasteiger partial charge in [0.15, 0.2) is 11.6 Å². The molecule has 28 heavy (non-hydrogen) atoms. The van der Waals surface area contributed by atoms with Gasteiger partial charge in [0.2, 0.25) is 0 Å². The van der Waals surface area contributed by atoms with Crippen LogP contribution in [-0.4, -0.2) is 21.8 Å². The van der Waals surface area contributed by atoms with Crippen LogP contribution in [-0.2, 0) is 0 Å². The van der Waals surface area contributed by atoms with Gasteiger partial charge in [0.05, 0.1) is 11.1 Å². The summed E-state index contributed by atoms with van der Waals surface area (Å²) < 4.78 is 0. The molecule has 2 N–H and O–H groups in total. The first-order valence-corrected chi connectivity index (χ1v) is 8.65. The molecule has 0 fully saturated rings. The number of hydrogen-bond donors (Lipinski definition) is 2. The van der Waals surface area contributed by atoms with Crippen molar-refractivity contribution in [2.75, 3.05) is 0 Å². The molecule has 0 atom stereocenters. The highest BCUT2D eigenvalue weighted by molar-refractivity contribution is 6.09. The number of aromatic hydroxyl groups is 2. The summed E-state index contributed by atoms with van der Waals surface area (Å²) in [7, 11) is 0. The van der Waals surface area contributed by atoms with Gasteiger partial charge in [-0.1, -0.05) is 60.7 Å². The summed E-state index contributed by atoms with van der Waals surface area (Å²) in [6.45, 7) is 0. The minimum absolute atomic E-state index is 0.0493. The highest BCUT2D eigenvalue weighted by atomic mass is 16.3. The van der Waals surface area contributed by atoms with Gasteiger partial charge < -0.3 is 10.2 Å². The van der Waals surface area contributed by atoms with Crippen molar-refractivity contribution < 1.29 is 19.8 Å². The predicted molar refractivity (Wildman–Crippen MR) is 109 cm³/mol. The van der Waals surface area contributed by atoms with Crippen molar-refractivity contribution in [2.45, 2.75) is 0 Å². The van der Waals surface area contributed by atoms with E-state index in [0.29, 0.717) is 0 Å². The molecular formula is C24H18O4. The van der Waals surface area contributed by atoms with Crippen molar-refractivity contribution in [2.24, 2.45) is 0 Å². The largest absolute Gasteiger partial charge is 0.507 e. The van der Waals surface area contributed by atoms with Gasteiger partial charge in [-0.2, -0.15) is 0 Å². The second kappa shape index (κ2) is 8.64. The standard InChI is InChI=1S/C24H18O4/c25-21-7-3-1-5-19(21)23(27)15-13-17-9-11-18(12-10-17)14-16-24(28)20-6-2-4-8-22(20)26/h1-16,25-26H/b15-13+,16-14+. The molecule has 0 aromatic heterocycles. The lowest BCUT2D eigenvalue weighted by molar-refractivity contribution is 0.103. The average Bonchev–Trinajstić information content (AvgIpc) is 2.71. The number of carbonyl (C=O) groups is 2. The molecule has 4 heteroatoms. The van der Waals surface area contributed by atoms with Crippen LogP contribution in [0.15, 0.2) is 84.9 Å². The summed E-state index contributed by atoms with van der Waals surface area (Å²) in [5, 5.41) is 19.4. The second-order valence-electron chi connectivity index (χ2n) is 6.10.